The van der Waals surface area contributed by atoms with Crippen molar-refractivity contribution in [2.75, 3.05) is 11.9 Å². The van der Waals surface area contributed by atoms with Gasteiger partial charge in [-0.25, -0.2) is 28.4 Å². The van der Waals surface area contributed by atoms with Gasteiger partial charge in [0.15, 0.2) is 5.13 Å². The zero-order valence-electron chi connectivity index (χ0n) is 23.5. The first-order valence-corrected chi connectivity index (χ1v) is 15.2. The van der Waals surface area contributed by atoms with Gasteiger partial charge in [-0.15, -0.1) is 0 Å². The molecule has 2 aromatic heterocycles. The van der Waals surface area contributed by atoms with Gasteiger partial charge < -0.3 is 10.6 Å². The number of amides is 4. The number of hydrogen-bond acceptors (Lipinski definition) is 9. The fourth-order valence-electron chi connectivity index (χ4n) is 4.49. The number of sulfonamides is 1. The van der Waals surface area contributed by atoms with Crippen molar-refractivity contribution in [1.82, 2.24) is 25.1 Å². The normalized spacial score (nSPS) is 17.4. The Hall–Kier alpha value is -4.13. The summed E-state index contributed by atoms with van der Waals surface area (Å²) in [5.74, 6) is -1.70. The Balaban J connectivity index is 1.49. The maximum Gasteiger partial charge on any atom is 0.399 e. The monoisotopic (exact) mass is 655 g/mol. The summed E-state index contributed by atoms with van der Waals surface area (Å²) in [5, 5.41) is 11.4. The van der Waals surface area contributed by atoms with E-state index in [1.807, 2.05) is 0 Å². The lowest BCUT2D eigenvalue weighted by molar-refractivity contribution is -0.181. The number of pyridine rings is 1. The molecule has 0 saturated carbocycles. The second kappa shape index (κ2) is 12.1. The topological polar surface area (TPSA) is 197 Å². The third-order valence-corrected chi connectivity index (χ3v) is 9.78. The van der Waals surface area contributed by atoms with Gasteiger partial charge in [-0.1, -0.05) is 11.3 Å². The van der Waals surface area contributed by atoms with E-state index < -0.39 is 51.5 Å². The molecule has 1 fully saturated rings. The van der Waals surface area contributed by atoms with E-state index in [0.717, 1.165) is 42.2 Å². The number of nitrogens with zero attached hydrogens (tertiary/aromatic N) is 3. The van der Waals surface area contributed by atoms with Crippen molar-refractivity contribution in [3.05, 3.63) is 59.5 Å². The Kier molecular flexibility index (Phi) is 9.01. The molecule has 0 aliphatic carbocycles. The molecule has 0 spiro atoms. The van der Waals surface area contributed by atoms with Crippen molar-refractivity contribution in [3.63, 3.8) is 0 Å². The Morgan fingerprint density at radius 1 is 1.14 bits per heavy atom. The smallest absolute Gasteiger partial charge is 0.368 e. The highest BCUT2D eigenvalue weighted by Crippen LogP contribution is 2.41. The van der Waals surface area contributed by atoms with Crippen LogP contribution in [0.1, 0.15) is 42.0 Å². The maximum atomic E-state index is 13.6. The summed E-state index contributed by atoms with van der Waals surface area (Å²) in [6, 6.07) is 4.67. The highest BCUT2D eigenvalue weighted by molar-refractivity contribution is 7.89. The van der Waals surface area contributed by atoms with Crippen LogP contribution in [0.2, 0.25) is 0 Å². The number of hydroxylamine groups is 1. The molecular weight excluding hydrogens is 627 g/mol. The lowest BCUT2D eigenvalue weighted by Gasteiger charge is -2.27. The number of nitrogens with one attached hydrogen (secondary N) is 3. The van der Waals surface area contributed by atoms with Gasteiger partial charge in [0.1, 0.15) is 11.5 Å². The molecule has 4 rings (SSSR count). The minimum absolute atomic E-state index is 0.0130. The molecule has 236 valence electrons. The fraction of sp³-hybridized carbons (Fsp3) is 0.346. The number of halogens is 3. The van der Waals surface area contributed by atoms with Crippen LogP contribution in [0.25, 0.3) is 10.4 Å². The molecule has 3 aromatic rings. The molecule has 1 aliphatic heterocycles. The third-order valence-electron chi connectivity index (χ3n) is 7.12. The number of aromatic nitrogens is 2. The summed E-state index contributed by atoms with van der Waals surface area (Å²) in [6.07, 6.45) is -3.40. The second-order valence-electron chi connectivity index (χ2n) is 10.5. The van der Waals surface area contributed by atoms with Crippen molar-refractivity contribution in [2.24, 2.45) is 5.73 Å². The first-order valence-electron chi connectivity index (χ1n) is 12.9. The summed E-state index contributed by atoms with van der Waals surface area (Å²) in [5.41, 5.74) is 5.39. The van der Waals surface area contributed by atoms with Gasteiger partial charge in [0.25, 0.3) is 5.91 Å². The highest BCUT2D eigenvalue weighted by atomic mass is 32.2. The predicted molar refractivity (Wildman–Crippen MR) is 152 cm³/mol. The molecular formula is C26H28F3N7O6S2. The number of carbonyl (C=O) groups is 3. The number of anilines is 1. The van der Waals surface area contributed by atoms with Crippen LogP contribution >= 0.6 is 11.3 Å². The van der Waals surface area contributed by atoms with Crippen LogP contribution in [0.4, 0.5) is 23.1 Å². The van der Waals surface area contributed by atoms with Crippen molar-refractivity contribution < 1.29 is 41.2 Å². The van der Waals surface area contributed by atoms with Crippen molar-refractivity contribution >= 4 is 44.3 Å². The average molecular weight is 656 g/mol. The summed E-state index contributed by atoms with van der Waals surface area (Å²) < 4.78 is 69.0. The average Bonchev–Trinajstić information content (AvgIpc) is 3.55. The number of primary amides is 1. The first-order chi connectivity index (χ1) is 20.4. The van der Waals surface area contributed by atoms with Gasteiger partial charge in [0.05, 0.1) is 21.2 Å². The molecule has 44 heavy (non-hydrogen) atoms. The molecule has 13 nitrogen and oxygen atoms in total. The Morgan fingerprint density at radius 2 is 1.80 bits per heavy atom. The minimum atomic E-state index is -4.54. The van der Waals surface area contributed by atoms with Crippen molar-refractivity contribution in [3.8, 4) is 10.4 Å². The molecule has 1 aliphatic rings. The number of benzene rings is 1. The number of alkyl halides is 3. The molecule has 6 N–H and O–H groups in total. The zero-order chi connectivity index (χ0) is 32.6. The van der Waals surface area contributed by atoms with E-state index in [1.165, 1.54) is 35.9 Å². The largest absolute Gasteiger partial charge is 0.399 e. The second-order valence-corrected chi connectivity index (χ2v) is 13.2. The number of likely N-dealkylation sites (tertiary alicyclic amines) is 1. The number of rotatable bonds is 8. The number of aryl methyl sites for hydroxylation is 1. The summed E-state index contributed by atoms with van der Waals surface area (Å²) in [7, 11) is -4.15. The quantitative estimate of drug-likeness (QED) is 0.180. The molecule has 0 bridgehead atoms. The number of nitrogens with two attached hydrogens (primary N) is 1. The SMILES string of the molecule is Cc1nc(NC(=O)N2C[C@H](NS(=O)(=O)c3ccc(C(=O)NO)cc3)C[C@H]2C(N)=O)sc1-c1ccnc(C(C)(C)C(F)(F)F)c1. The van der Waals surface area contributed by atoms with Gasteiger partial charge in [0, 0.05) is 24.3 Å². The zero-order valence-corrected chi connectivity index (χ0v) is 25.1. The summed E-state index contributed by atoms with van der Waals surface area (Å²) in [6.45, 7) is 3.45. The lowest BCUT2D eigenvalue weighted by atomic mass is 9.87. The molecule has 2 atom stereocenters. The molecule has 1 saturated heterocycles. The first kappa shape index (κ1) is 32.8. The van der Waals surface area contributed by atoms with Crippen molar-refractivity contribution in [2.45, 2.75) is 55.8 Å². The van der Waals surface area contributed by atoms with E-state index in [2.05, 4.69) is 20.0 Å². The lowest BCUT2D eigenvalue weighted by Crippen LogP contribution is -2.46. The van der Waals surface area contributed by atoms with Gasteiger partial charge in [-0.2, -0.15) is 13.2 Å². The van der Waals surface area contributed by atoms with Crippen LogP contribution in [-0.2, 0) is 20.2 Å². The molecule has 1 aromatic carbocycles. The molecule has 4 amide bonds. The van der Waals surface area contributed by atoms with Crippen LogP contribution in [0.3, 0.4) is 0 Å². The number of urea groups is 1. The van der Waals surface area contributed by atoms with E-state index >= 15 is 0 Å². The van der Waals surface area contributed by atoms with Gasteiger partial charge in [-0.05, 0) is 69.2 Å². The number of carbonyl (C=O) groups excluding carboxylic acids is 3. The summed E-state index contributed by atoms with van der Waals surface area (Å²) >= 11 is 0.998. The fourth-order valence-corrected chi connectivity index (χ4v) is 6.69. The maximum absolute atomic E-state index is 13.6. The van der Waals surface area contributed by atoms with E-state index in [4.69, 9.17) is 10.9 Å². The van der Waals surface area contributed by atoms with Crippen LogP contribution in [0, 0.1) is 6.92 Å². The van der Waals surface area contributed by atoms with Gasteiger partial charge in [-0.3, -0.25) is 25.1 Å². The summed E-state index contributed by atoms with van der Waals surface area (Å²) in [4.78, 5) is 46.4. The minimum Gasteiger partial charge on any atom is -0.368 e. The predicted octanol–water partition coefficient (Wildman–Crippen LogP) is 2.91. The molecule has 0 unspecified atom stereocenters. The molecule has 0 radical (unpaired) electrons. The number of hydrogen-bond donors (Lipinski definition) is 5. The van der Waals surface area contributed by atoms with E-state index in [1.54, 1.807) is 6.92 Å². The van der Waals surface area contributed by atoms with Gasteiger partial charge >= 0.3 is 12.2 Å². The molecule has 18 heteroatoms. The van der Waals surface area contributed by atoms with E-state index in [0.29, 0.717) is 16.1 Å². The van der Waals surface area contributed by atoms with Crippen LogP contribution in [-0.4, -0.2) is 71.1 Å². The van der Waals surface area contributed by atoms with Crippen LogP contribution < -0.4 is 21.3 Å². The van der Waals surface area contributed by atoms with Crippen LogP contribution in [0.5, 0.6) is 0 Å². The number of thiazole rings is 1. The highest BCUT2D eigenvalue weighted by Gasteiger charge is 2.49. The van der Waals surface area contributed by atoms with Gasteiger partial charge in [0.2, 0.25) is 15.9 Å². The molecule has 3 heterocycles. The third kappa shape index (κ3) is 6.67. The van der Waals surface area contributed by atoms with E-state index in [9.17, 15) is 36.0 Å². The Bertz CT molecular complexity index is 1690. The Morgan fingerprint density at radius 3 is 2.39 bits per heavy atom. The Labute approximate surface area is 253 Å². The van der Waals surface area contributed by atoms with Crippen molar-refractivity contribution in [1.29, 1.82) is 0 Å². The van der Waals surface area contributed by atoms with E-state index in [-0.39, 0.29) is 34.2 Å². The standard InChI is InChI=1S/C26H28F3N7O6S2/c1-13-20(15-8-9-31-19(10-15)25(2,3)26(27,28)29)43-23(32-13)33-24(39)36-12-16(11-18(36)21(30)37)35-44(41,42)17-6-4-14(5-7-17)22(38)34-40/h4-10,16,18,35,40H,11-12H2,1-3H3,(H2,30,37)(H,34,38)(H,32,33,39)/t16-,18+/m1/s1. The van der Waals surface area contributed by atoms with Crippen LogP contribution in [0.15, 0.2) is 47.5 Å².